The fourth-order valence-electron chi connectivity index (χ4n) is 4.95. The number of piperidine rings is 1. The lowest BCUT2D eigenvalue weighted by Crippen LogP contribution is -2.57. The number of hydrogen-bond acceptors (Lipinski definition) is 5. The first kappa shape index (κ1) is 16.1. The Morgan fingerprint density at radius 2 is 1.81 bits per heavy atom. The zero-order valence-electron chi connectivity index (χ0n) is 15.3. The molecule has 0 spiro atoms. The van der Waals surface area contributed by atoms with Gasteiger partial charge in [-0.1, -0.05) is 18.2 Å². The highest BCUT2D eigenvalue weighted by atomic mass is 15.3. The summed E-state index contributed by atoms with van der Waals surface area (Å²) in [4.78, 5) is 16.6. The molecule has 5 heteroatoms. The van der Waals surface area contributed by atoms with Crippen molar-refractivity contribution in [3.8, 4) is 0 Å². The van der Waals surface area contributed by atoms with Gasteiger partial charge >= 0.3 is 0 Å². The molecule has 2 atom stereocenters. The van der Waals surface area contributed by atoms with Crippen LogP contribution in [0.1, 0.15) is 18.4 Å². The molecule has 1 aromatic heterocycles. The lowest BCUT2D eigenvalue weighted by atomic mass is 9.90. The Morgan fingerprint density at radius 3 is 2.73 bits per heavy atom. The summed E-state index contributed by atoms with van der Waals surface area (Å²) in [5.74, 6) is 1.68. The number of aromatic nitrogens is 2. The summed E-state index contributed by atoms with van der Waals surface area (Å²) >= 11 is 0. The van der Waals surface area contributed by atoms with E-state index in [1.54, 1.807) is 0 Å². The number of benzene rings is 1. The fourth-order valence-corrected chi connectivity index (χ4v) is 4.95. The molecule has 2 aromatic rings. The molecule has 0 unspecified atom stereocenters. The van der Waals surface area contributed by atoms with Crippen LogP contribution < -0.4 is 9.80 Å². The van der Waals surface area contributed by atoms with Gasteiger partial charge in [0, 0.05) is 63.4 Å². The number of hydrogen-bond donors (Lipinski definition) is 0. The van der Waals surface area contributed by atoms with Crippen LogP contribution in [0, 0.1) is 5.92 Å². The molecular formula is C21H27N5. The third-order valence-corrected chi connectivity index (χ3v) is 6.30. The van der Waals surface area contributed by atoms with E-state index in [2.05, 4.69) is 48.9 Å². The minimum Gasteiger partial charge on any atom is -0.371 e. The van der Waals surface area contributed by atoms with Crippen LogP contribution in [0.2, 0.25) is 0 Å². The lowest BCUT2D eigenvalue weighted by Gasteiger charge is -2.46. The van der Waals surface area contributed by atoms with Crippen LogP contribution in [-0.2, 0) is 6.42 Å². The summed E-state index contributed by atoms with van der Waals surface area (Å²) in [6.45, 7) is 6.90. The molecule has 0 N–H and O–H groups in total. The molecule has 26 heavy (non-hydrogen) atoms. The van der Waals surface area contributed by atoms with Crippen molar-refractivity contribution in [3.63, 3.8) is 0 Å². The van der Waals surface area contributed by atoms with Crippen LogP contribution in [0.3, 0.4) is 0 Å². The maximum Gasteiger partial charge on any atom is 0.225 e. The standard InChI is InChI=1S/C21H27N5/c1-2-5-20-18(4-1)8-11-25(20)15-17-6-7-19-16-26(13-12-24(19)14-17)21-22-9-3-10-23-21/h1-5,9-10,17,19H,6-8,11-16H2/t17-,19+/m1/s1. The Morgan fingerprint density at radius 1 is 0.923 bits per heavy atom. The highest BCUT2D eigenvalue weighted by Crippen LogP contribution is 2.31. The molecular weight excluding hydrogens is 322 g/mol. The van der Waals surface area contributed by atoms with Crippen LogP contribution in [-0.4, -0.2) is 60.2 Å². The quantitative estimate of drug-likeness (QED) is 0.850. The average Bonchev–Trinajstić information content (AvgIpc) is 3.11. The monoisotopic (exact) mass is 349 g/mol. The highest BCUT2D eigenvalue weighted by molar-refractivity contribution is 5.57. The van der Waals surface area contributed by atoms with Gasteiger partial charge in [-0.05, 0) is 42.9 Å². The third kappa shape index (κ3) is 3.05. The summed E-state index contributed by atoms with van der Waals surface area (Å²) < 4.78 is 0. The van der Waals surface area contributed by atoms with E-state index < -0.39 is 0 Å². The smallest absolute Gasteiger partial charge is 0.225 e. The molecule has 136 valence electrons. The van der Waals surface area contributed by atoms with Crippen molar-refractivity contribution in [1.82, 2.24) is 14.9 Å². The van der Waals surface area contributed by atoms with Crippen molar-refractivity contribution in [2.75, 3.05) is 49.1 Å². The largest absolute Gasteiger partial charge is 0.371 e. The SMILES string of the molecule is c1cnc(N2CCN3C[C@H](CN4CCc5ccccc54)CC[C@H]3C2)nc1. The van der Waals surface area contributed by atoms with Crippen LogP contribution >= 0.6 is 0 Å². The van der Waals surface area contributed by atoms with Crippen molar-refractivity contribution >= 4 is 11.6 Å². The molecule has 2 saturated heterocycles. The third-order valence-electron chi connectivity index (χ3n) is 6.30. The molecule has 2 fully saturated rings. The maximum absolute atomic E-state index is 4.43. The van der Waals surface area contributed by atoms with Crippen molar-refractivity contribution in [2.45, 2.75) is 25.3 Å². The second-order valence-electron chi connectivity index (χ2n) is 7.91. The second-order valence-corrected chi connectivity index (χ2v) is 7.91. The molecule has 4 heterocycles. The Hall–Kier alpha value is -2.14. The summed E-state index contributed by atoms with van der Waals surface area (Å²) in [6, 6.07) is 11.5. The normalized spacial score (nSPS) is 25.8. The van der Waals surface area contributed by atoms with Gasteiger partial charge in [0.2, 0.25) is 5.95 Å². The number of nitrogens with zero attached hydrogens (tertiary/aromatic N) is 5. The first-order valence-electron chi connectivity index (χ1n) is 9.96. The van der Waals surface area contributed by atoms with Crippen LogP contribution in [0.25, 0.3) is 0 Å². The number of rotatable bonds is 3. The van der Waals surface area contributed by atoms with Gasteiger partial charge in [-0.15, -0.1) is 0 Å². The molecule has 0 bridgehead atoms. The molecule has 0 saturated carbocycles. The molecule has 0 amide bonds. The van der Waals surface area contributed by atoms with Crippen molar-refractivity contribution < 1.29 is 0 Å². The first-order chi connectivity index (χ1) is 12.9. The molecule has 3 aliphatic rings. The molecule has 0 radical (unpaired) electrons. The minimum absolute atomic E-state index is 0.662. The zero-order chi connectivity index (χ0) is 17.3. The number of anilines is 2. The number of fused-ring (bicyclic) bond motifs is 2. The number of piperazine rings is 1. The van der Waals surface area contributed by atoms with Crippen molar-refractivity contribution in [3.05, 3.63) is 48.3 Å². The van der Waals surface area contributed by atoms with Gasteiger partial charge in [-0.25, -0.2) is 9.97 Å². The lowest BCUT2D eigenvalue weighted by molar-refractivity contribution is 0.0972. The van der Waals surface area contributed by atoms with E-state index in [4.69, 9.17) is 0 Å². The van der Waals surface area contributed by atoms with E-state index >= 15 is 0 Å². The predicted molar refractivity (Wildman–Crippen MR) is 105 cm³/mol. The van der Waals surface area contributed by atoms with Gasteiger partial charge in [0.15, 0.2) is 0 Å². The maximum atomic E-state index is 4.43. The van der Waals surface area contributed by atoms with E-state index in [1.165, 1.54) is 50.1 Å². The Kier molecular flexibility index (Phi) is 4.25. The van der Waals surface area contributed by atoms with Gasteiger partial charge in [0.25, 0.3) is 0 Å². The summed E-state index contributed by atoms with van der Waals surface area (Å²) in [7, 11) is 0. The van der Waals surface area contributed by atoms with Crippen LogP contribution in [0.5, 0.6) is 0 Å². The van der Waals surface area contributed by atoms with Crippen LogP contribution in [0.4, 0.5) is 11.6 Å². The molecule has 3 aliphatic heterocycles. The van der Waals surface area contributed by atoms with Crippen molar-refractivity contribution in [2.24, 2.45) is 5.92 Å². The summed E-state index contributed by atoms with van der Waals surface area (Å²) in [5, 5.41) is 0. The minimum atomic E-state index is 0.662. The highest BCUT2D eigenvalue weighted by Gasteiger charge is 2.34. The van der Waals surface area contributed by atoms with E-state index in [1.807, 2.05) is 18.5 Å². The predicted octanol–water partition coefficient (Wildman–Crippen LogP) is 2.44. The van der Waals surface area contributed by atoms with Gasteiger partial charge < -0.3 is 9.80 Å². The zero-order valence-corrected chi connectivity index (χ0v) is 15.3. The average molecular weight is 349 g/mol. The number of para-hydroxylation sites is 1. The molecule has 5 nitrogen and oxygen atoms in total. The van der Waals surface area contributed by atoms with Gasteiger partial charge in [0.1, 0.15) is 0 Å². The van der Waals surface area contributed by atoms with E-state index in [0.717, 1.165) is 31.5 Å². The summed E-state index contributed by atoms with van der Waals surface area (Å²) in [6.07, 6.45) is 7.53. The van der Waals surface area contributed by atoms with E-state index in [0.29, 0.717) is 6.04 Å². The molecule has 5 rings (SSSR count). The van der Waals surface area contributed by atoms with Gasteiger partial charge in [0.05, 0.1) is 0 Å². The van der Waals surface area contributed by atoms with E-state index in [9.17, 15) is 0 Å². The topological polar surface area (TPSA) is 35.5 Å². The molecule has 1 aromatic carbocycles. The van der Waals surface area contributed by atoms with Crippen LogP contribution in [0.15, 0.2) is 42.7 Å². The second kappa shape index (κ2) is 6.88. The van der Waals surface area contributed by atoms with E-state index in [-0.39, 0.29) is 0 Å². The van der Waals surface area contributed by atoms with Gasteiger partial charge in [-0.3, -0.25) is 4.90 Å². The Balaban J connectivity index is 1.20. The van der Waals surface area contributed by atoms with Gasteiger partial charge in [-0.2, -0.15) is 0 Å². The Bertz CT molecular complexity index is 749. The molecule has 0 aliphatic carbocycles. The summed E-state index contributed by atoms with van der Waals surface area (Å²) in [5.41, 5.74) is 3.00. The fraction of sp³-hybridized carbons (Fsp3) is 0.524. The first-order valence-corrected chi connectivity index (χ1v) is 9.96. The Labute approximate surface area is 155 Å². The van der Waals surface area contributed by atoms with Crippen molar-refractivity contribution in [1.29, 1.82) is 0 Å².